The SMILES string of the molecule is CNC(=O)c1sc2ncccc2c1C1CCC(CNC(=O)Cc2cccc(C)c2)CC1. The van der Waals surface area contributed by atoms with Gasteiger partial charge in [0.2, 0.25) is 5.91 Å². The van der Waals surface area contributed by atoms with Crippen molar-refractivity contribution >= 4 is 33.4 Å². The fourth-order valence-corrected chi connectivity index (χ4v) is 5.80. The van der Waals surface area contributed by atoms with Gasteiger partial charge in [-0.1, -0.05) is 35.9 Å². The Balaban J connectivity index is 1.36. The molecule has 2 heterocycles. The van der Waals surface area contributed by atoms with E-state index in [-0.39, 0.29) is 11.8 Å². The normalized spacial score (nSPS) is 18.6. The van der Waals surface area contributed by atoms with E-state index in [1.54, 1.807) is 13.2 Å². The van der Waals surface area contributed by atoms with Gasteiger partial charge in [-0.15, -0.1) is 11.3 Å². The summed E-state index contributed by atoms with van der Waals surface area (Å²) in [7, 11) is 1.68. The van der Waals surface area contributed by atoms with Gasteiger partial charge < -0.3 is 10.6 Å². The molecule has 4 rings (SSSR count). The highest BCUT2D eigenvalue weighted by Gasteiger charge is 2.29. The summed E-state index contributed by atoms with van der Waals surface area (Å²) in [5, 5.41) is 7.02. The first-order valence-corrected chi connectivity index (χ1v) is 11.8. The van der Waals surface area contributed by atoms with E-state index in [1.165, 1.54) is 16.9 Å². The van der Waals surface area contributed by atoms with Gasteiger partial charge in [-0.3, -0.25) is 9.59 Å². The second kappa shape index (κ2) is 9.60. The molecular formula is C25H29N3O2S. The predicted octanol–water partition coefficient (Wildman–Crippen LogP) is 4.60. The van der Waals surface area contributed by atoms with Gasteiger partial charge in [-0.05, 0) is 61.6 Å². The lowest BCUT2D eigenvalue weighted by Crippen LogP contribution is -2.32. The number of thiophene rings is 1. The Hall–Kier alpha value is -2.73. The highest BCUT2D eigenvalue weighted by Crippen LogP contribution is 2.43. The molecule has 2 N–H and O–H groups in total. The monoisotopic (exact) mass is 435 g/mol. The number of nitrogens with one attached hydrogen (secondary N) is 2. The van der Waals surface area contributed by atoms with Crippen LogP contribution in [-0.2, 0) is 11.2 Å². The zero-order valence-electron chi connectivity index (χ0n) is 18.1. The number of carbonyl (C=O) groups excluding carboxylic acids is 2. The van der Waals surface area contributed by atoms with Crippen molar-refractivity contribution in [3.63, 3.8) is 0 Å². The van der Waals surface area contributed by atoms with Crippen LogP contribution in [-0.4, -0.2) is 30.4 Å². The van der Waals surface area contributed by atoms with E-state index in [0.29, 0.717) is 18.3 Å². The molecule has 0 unspecified atom stereocenters. The molecule has 1 aliphatic rings. The van der Waals surface area contributed by atoms with E-state index in [2.05, 4.69) is 27.8 Å². The van der Waals surface area contributed by atoms with Crippen LogP contribution in [0.5, 0.6) is 0 Å². The van der Waals surface area contributed by atoms with E-state index >= 15 is 0 Å². The van der Waals surface area contributed by atoms with E-state index in [0.717, 1.165) is 58.4 Å². The molecule has 0 radical (unpaired) electrons. The first-order valence-electron chi connectivity index (χ1n) is 11.0. The number of nitrogens with zero attached hydrogens (tertiary/aromatic N) is 1. The molecule has 6 heteroatoms. The van der Waals surface area contributed by atoms with Crippen LogP contribution in [0.25, 0.3) is 10.2 Å². The van der Waals surface area contributed by atoms with Crippen LogP contribution in [0.1, 0.15) is 58.0 Å². The van der Waals surface area contributed by atoms with Crippen molar-refractivity contribution in [2.75, 3.05) is 13.6 Å². The van der Waals surface area contributed by atoms with Crippen LogP contribution in [0.15, 0.2) is 42.6 Å². The van der Waals surface area contributed by atoms with Crippen molar-refractivity contribution in [1.29, 1.82) is 0 Å². The highest BCUT2D eigenvalue weighted by atomic mass is 32.1. The number of amides is 2. The van der Waals surface area contributed by atoms with Gasteiger partial charge in [-0.25, -0.2) is 4.98 Å². The third-order valence-corrected chi connectivity index (χ3v) is 7.36. The number of benzene rings is 1. The van der Waals surface area contributed by atoms with Gasteiger partial charge in [0.15, 0.2) is 0 Å². The Kier molecular flexibility index (Phi) is 6.66. The molecule has 1 fully saturated rings. The Bertz CT molecular complexity index is 1080. The van der Waals surface area contributed by atoms with Crippen LogP contribution in [0.4, 0.5) is 0 Å². The zero-order chi connectivity index (χ0) is 21.8. The lowest BCUT2D eigenvalue weighted by Gasteiger charge is -2.29. The number of pyridine rings is 1. The van der Waals surface area contributed by atoms with Crippen LogP contribution >= 0.6 is 11.3 Å². The molecule has 0 saturated heterocycles. The van der Waals surface area contributed by atoms with Crippen molar-refractivity contribution < 1.29 is 9.59 Å². The first-order chi connectivity index (χ1) is 15.0. The Morgan fingerprint density at radius 1 is 1.13 bits per heavy atom. The van der Waals surface area contributed by atoms with E-state index in [4.69, 9.17) is 0 Å². The summed E-state index contributed by atoms with van der Waals surface area (Å²) < 4.78 is 0. The third-order valence-electron chi connectivity index (χ3n) is 6.23. The second-order valence-corrected chi connectivity index (χ2v) is 9.47. The summed E-state index contributed by atoms with van der Waals surface area (Å²) in [6.07, 6.45) is 6.39. The molecule has 2 aromatic heterocycles. The maximum atomic E-state index is 12.5. The van der Waals surface area contributed by atoms with Gasteiger partial charge >= 0.3 is 0 Å². The fourth-order valence-electron chi connectivity index (χ4n) is 4.62. The third kappa shape index (κ3) is 4.96. The standard InChI is InChI=1S/C25H29N3O2S/c1-16-5-3-6-18(13-16)14-21(29)28-15-17-8-10-19(11-9-17)22-20-7-4-12-27-25(20)31-23(22)24(30)26-2/h3-7,12-13,17,19H,8-11,14-15H2,1-2H3,(H,26,30)(H,28,29). The number of rotatable bonds is 6. The molecule has 0 bridgehead atoms. The number of aryl methyl sites for hydroxylation is 1. The summed E-state index contributed by atoms with van der Waals surface area (Å²) >= 11 is 1.49. The van der Waals surface area contributed by atoms with E-state index in [1.807, 2.05) is 31.2 Å². The minimum Gasteiger partial charge on any atom is -0.356 e. The van der Waals surface area contributed by atoms with Crippen molar-refractivity contribution in [2.45, 2.75) is 44.9 Å². The van der Waals surface area contributed by atoms with Gasteiger partial charge in [0, 0.05) is 25.2 Å². The van der Waals surface area contributed by atoms with Crippen LogP contribution in [0, 0.1) is 12.8 Å². The predicted molar refractivity (Wildman–Crippen MR) is 126 cm³/mol. The Morgan fingerprint density at radius 2 is 1.94 bits per heavy atom. The van der Waals surface area contributed by atoms with Crippen LogP contribution in [0.2, 0.25) is 0 Å². The van der Waals surface area contributed by atoms with Gasteiger partial charge in [-0.2, -0.15) is 0 Å². The minimum absolute atomic E-state index is 0.0245. The molecule has 31 heavy (non-hydrogen) atoms. The van der Waals surface area contributed by atoms with Crippen molar-refractivity contribution in [3.05, 3.63) is 64.2 Å². The average molecular weight is 436 g/mol. The molecule has 1 aromatic carbocycles. The first kappa shape index (κ1) is 21.5. The molecule has 1 saturated carbocycles. The maximum absolute atomic E-state index is 12.5. The number of hydrogen-bond acceptors (Lipinski definition) is 4. The molecule has 0 aliphatic heterocycles. The molecule has 162 valence electrons. The molecule has 0 spiro atoms. The van der Waals surface area contributed by atoms with Crippen molar-refractivity contribution in [3.8, 4) is 0 Å². The average Bonchev–Trinajstić information content (AvgIpc) is 3.17. The van der Waals surface area contributed by atoms with Gasteiger partial charge in [0.25, 0.3) is 5.91 Å². The maximum Gasteiger partial charge on any atom is 0.261 e. The highest BCUT2D eigenvalue weighted by molar-refractivity contribution is 7.20. The number of carbonyl (C=O) groups is 2. The Labute approximate surface area is 187 Å². The number of aromatic nitrogens is 1. The van der Waals surface area contributed by atoms with E-state index in [9.17, 15) is 9.59 Å². The topological polar surface area (TPSA) is 71.1 Å². The van der Waals surface area contributed by atoms with Crippen molar-refractivity contribution in [2.24, 2.45) is 5.92 Å². The summed E-state index contributed by atoms with van der Waals surface area (Å²) in [5.74, 6) is 0.918. The fraction of sp³-hybridized carbons (Fsp3) is 0.400. The Morgan fingerprint density at radius 3 is 2.68 bits per heavy atom. The summed E-state index contributed by atoms with van der Waals surface area (Å²) in [4.78, 5) is 31.0. The number of hydrogen-bond donors (Lipinski definition) is 2. The van der Waals surface area contributed by atoms with Crippen LogP contribution < -0.4 is 10.6 Å². The number of fused-ring (bicyclic) bond motifs is 1. The minimum atomic E-state index is -0.0245. The quantitative estimate of drug-likeness (QED) is 0.595. The molecular weight excluding hydrogens is 406 g/mol. The molecule has 2 amide bonds. The van der Waals surface area contributed by atoms with Crippen LogP contribution in [0.3, 0.4) is 0 Å². The lowest BCUT2D eigenvalue weighted by atomic mass is 9.78. The lowest BCUT2D eigenvalue weighted by molar-refractivity contribution is -0.120. The second-order valence-electron chi connectivity index (χ2n) is 8.47. The smallest absolute Gasteiger partial charge is 0.261 e. The summed E-state index contributed by atoms with van der Waals surface area (Å²) in [6.45, 7) is 2.77. The van der Waals surface area contributed by atoms with Gasteiger partial charge in [0.1, 0.15) is 4.83 Å². The van der Waals surface area contributed by atoms with Crippen molar-refractivity contribution in [1.82, 2.24) is 15.6 Å². The molecule has 3 aromatic rings. The largest absolute Gasteiger partial charge is 0.356 e. The molecule has 5 nitrogen and oxygen atoms in total. The molecule has 0 atom stereocenters. The summed E-state index contributed by atoms with van der Waals surface area (Å²) in [6, 6.07) is 12.1. The summed E-state index contributed by atoms with van der Waals surface area (Å²) in [5.41, 5.74) is 3.39. The van der Waals surface area contributed by atoms with Gasteiger partial charge in [0.05, 0.1) is 11.3 Å². The zero-order valence-corrected chi connectivity index (χ0v) is 18.9. The van der Waals surface area contributed by atoms with E-state index < -0.39 is 0 Å². The molecule has 1 aliphatic carbocycles.